The summed E-state index contributed by atoms with van der Waals surface area (Å²) in [4.78, 5) is 13.9. The van der Waals surface area contributed by atoms with Crippen molar-refractivity contribution in [2.24, 2.45) is 5.10 Å². The van der Waals surface area contributed by atoms with Gasteiger partial charge in [-0.3, -0.25) is 4.79 Å². The molecule has 0 aliphatic heterocycles. The van der Waals surface area contributed by atoms with Gasteiger partial charge in [0, 0.05) is 25.7 Å². The summed E-state index contributed by atoms with van der Waals surface area (Å²) in [6.45, 7) is 0. The number of methoxy groups -OCH3 is 2. The summed E-state index contributed by atoms with van der Waals surface area (Å²) >= 11 is 0. The van der Waals surface area contributed by atoms with Gasteiger partial charge in [-0.1, -0.05) is 0 Å². The fourth-order valence-corrected chi connectivity index (χ4v) is 1.85. The van der Waals surface area contributed by atoms with E-state index < -0.39 is 0 Å². The fraction of sp³-hybridized carbons (Fsp3) is 0.250. The molecule has 1 amide bonds. The normalized spacial score (nSPS) is 10.6. The van der Waals surface area contributed by atoms with Crippen molar-refractivity contribution >= 4 is 18.0 Å². The van der Waals surface area contributed by atoms with Crippen LogP contribution in [-0.2, 0) is 0 Å². The molecule has 0 aliphatic carbocycles. The van der Waals surface area contributed by atoms with Crippen LogP contribution in [0.2, 0.25) is 0 Å². The van der Waals surface area contributed by atoms with E-state index in [0.717, 1.165) is 0 Å². The zero-order chi connectivity index (χ0) is 16.8. The van der Waals surface area contributed by atoms with E-state index in [1.807, 2.05) is 25.1 Å². The summed E-state index contributed by atoms with van der Waals surface area (Å²) in [5.41, 5.74) is 2.85. The molecule has 2 aromatic rings. The van der Waals surface area contributed by atoms with Crippen molar-refractivity contribution in [3.63, 3.8) is 0 Å². The van der Waals surface area contributed by atoms with Crippen LogP contribution in [0.25, 0.3) is 0 Å². The maximum absolute atomic E-state index is 12.1. The highest BCUT2D eigenvalue weighted by Crippen LogP contribution is 2.27. The second kappa shape index (κ2) is 7.35. The van der Waals surface area contributed by atoms with Gasteiger partial charge in [0.2, 0.25) is 0 Å². The van der Waals surface area contributed by atoms with Crippen LogP contribution in [0, 0.1) is 0 Å². The molecule has 0 fully saturated rings. The number of nitrogens with zero attached hydrogens (tertiary/aromatic N) is 2. The number of hydrazone groups is 1. The van der Waals surface area contributed by atoms with Crippen molar-refractivity contribution in [3.8, 4) is 11.5 Å². The maximum Gasteiger partial charge on any atom is 0.271 e. The average molecular weight is 317 g/mol. The Balaban J connectivity index is 2.02. The van der Waals surface area contributed by atoms with Crippen LogP contribution < -0.4 is 19.8 Å². The van der Waals surface area contributed by atoms with Crippen molar-refractivity contribution in [1.29, 1.82) is 0 Å². The highest BCUT2D eigenvalue weighted by molar-refractivity contribution is 5.95. The minimum atomic E-state index is -0.360. The Hall–Kier alpha value is -2.96. The van der Waals surface area contributed by atoms with Gasteiger partial charge in [0.1, 0.15) is 5.76 Å². The first-order valence-corrected chi connectivity index (χ1v) is 6.87. The zero-order valence-electron chi connectivity index (χ0n) is 13.5. The number of hydrogen-bond acceptors (Lipinski definition) is 6. The Labute approximate surface area is 134 Å². The molecule has 7 heteroatoms. The fourth-order valence-electron chi connectivity index (χ4n) is 1.85. The lowest BCUT2D eigenvalue weighted by atomic mass is 10.2. The van der Waals surface area contributed by atoms with E-state index in [4.69, 9.17) is 13.9 Å². The molecule has 0 saturated heterocycles. The number of carbonyl (C=O) groups is 1. The number of hydrogen-bond donors (Lipinski definition) is 1. The molecule has 122 valence electrons. The highest BCUT2D eigenvalue weighted by Gasteiger charge is 2.10. The predicted molar refractivity (Wildman–Crippen MR) is 87.6 cm³/mol. The first-order valence-electron chi connectivity index (χ1n) is 6.87. The first kappa shape index (κ1) is 16.4. The van der Waals surface area contributed by atoms with Crippen LogP contribution in [0.5, 0.6) is 11.5 Å². The van der Waals surface area contributed by atoms with Gasteiger partial charge < -0.3 is 18.8 Å². The lowest BCUT2D eigenvalue weighted by Gasteiger charge is -2.08. The molecule has 1 heterocycles. The van der Waals surface area contributed by atoms with Crippen LogP contribution in [0.3, 0.4) is 0 Å². The van der Waals surface area contributed by atoms with Crippen LogP contribution in [0.1, 0.15) is 16.1 Å². The van der Waals surface area contributed by atoms with Crippen LogP contribution in [0.4, 0.5) is 5.88 Å². The SMILES string of the molecule is COc1ccc(C(=O)N/N=C\c2ccc(N(C)C)o2)cc1OC. The monoisotopic (exact) mass is 317 g/mol. The van der Waals surface area contributed by atoms with E-state index in [1.165, 1.54) is 20.4 Å². The number of anilines is 1. The predicted octanol–water partition coefficient (Wildman–Crippen LogP) is 2.13. The number of nitrogens with one attached hydrogen (secondary N) is 1. The third-order valence-corrected chi connectivity index (χ3v) is 3.06. The Morgan fingerprint density at radius 1 is 1.17 bits per heavy atom. The van der Waals surface area contributed by atoms with Crippen molar-refractivity contribution in [1.82, 2.24) is 5.43 Å². The van der Waals surface area contributed by atoms with Crippen molar-refractivity contribution in [2.75, 3.05) is 33.2 Å². The zero-order valence-corrected chi connectivity index (χ0v) is 13.5. The molecule has 0 atom stereocenters. The Bertz CT molecular complexity index is 707. The molecule has 1 N–H and O–H groups in total. The molecular formula is C16H19N3O4. The summed E-state index contributed by atoms with van der Waals surface area (Å²) in [7, 11) is 6.79. The molecule has 1 aromatic heterocycles. The van der Waals surface area contributed by atoms with Gasteiger partial charge in [0.05, 0.1) is 20.4 Å². The maximum atomic E-state index is 12.1. The third-order valence-electron chi connectivity index (χ3n) is 3.06. The van der Waals surface area contributed by atoms with E-state index in [0.29, 0.717) is 28.7 Å². The molecular weight excluding hydrogens is 298 g/mol. The van der Waals surface area contributed by atoms with E-state index in [1.54, 1.807) is 24.3 Å². The Morgan fingerprint density at radius 2 is 1.91 bits per heavy atom. The standard InChI is InChI=1S/C16H19N3O4/c1-19(2)15-8-6-12(23-15)10-17-18-16(20)11-5-7-13(21-3)14(9-11)22-4/h5-10H,1-4H3,(H,18,20)/b17-10-. The molecule has 0 unspecified atom stereocenters. The number of ether oxygens (including phenoxy) is 2. The van der Waals surface area contributed by atoms with Crippen LogP contribution in [0.15, 0.2) is 39.9 Å². The smallest absolute Gasteiger partial charge is 0.271 e. The van der Waals surface area contributed by atoms with E-state index in [9.17, 15) is 4.79 Å². The number of benzene rings is 1. The van der Waals surface area contributed by atoms with Crippen LogP contribution in [-0.4, -0.2) is 40.4 Å². The van der Waals surface area contributed by atoms with Gasteiger partial charge in [-0.05, 0) is 24.3 Å². The molecule has 0 bridgehead atoms. The van der Waals surface area contributed by atoms with Crippen molar-refractivity contribution in [3.05, 3.63) is 41.7 Å². The van der Waals surface area contributed by atoms with Crippen molar-refractivity contribution < 1.29 is 18.7 Å². The van der Waals surface area contributed by atoms with Gasteiger partial charge in [-0.2, -0.15) is 5.10 Å². The van der Waals surface area contributed by atoms with Gasteiger partial charge in [-0.15, -0.1) is 0 Å². The first-order chi connectivity index (χ1) is 11.0. The van der Waals surface area contributed by atoms with E-state index in [2.05, 4.69) is 10.5 Å². The summed E-state index contributed by atoms with van der Waals surface area (Å²) in [6.07, 6.45) is 1.44. The molecule has 0 saturated carbocycles. The molecule has 0 spiro atoms. The van der Waals surface area contributed by atoms with Crippen molar-refractivity contribution in [2.45, 2.75) is 0 Å². The van der Waals surface area contributed by atoms with Crippen LogP contribution >= 0.6 is 0 Å². The van der Waals surface area contributed by atoms with Gasteiger partial charge >= 0.3 is 0 Å². The number of amides is 1. The molecule has 23 heavy (non-hydrogen) atoms. The minimum absolute atomic E-state index is 0.360. The second-order valence-electron chi connectivity index (χ2n) is 4.84. The minimum Gasteiger partial charge on any atom is -0.493 e. The second-order valence-corrected chi connectivity index (χ2v) is 4.84. The lowest BCUT2D eigenvalue weighted by Crippen LogP contribution is -2.17. The van der Waals surface area contributed by atoms with E-state index >= 15 is 0 Å². The summed E-state index contributed by atoms with van der Waals surface area (Å²) in [5.74, 6) is 1.92. The number of rotatable bonds is 6. The number of carbonyl (C=O) groups excluding carboxylic acids is 1. The molecule has 0 radical (unpaired) electrons. The van der Waals surface area contributed by atoms with Gasteiger partial charge in [0.15, 0.2) is 17.4 Å². The van der Waals surface area contributed by atoms with Gasteiger partial charge in [-0.25, -0.2) is 5.43 Å². The lowest BCUT2D eigenvalue weighted by molar-refractivity contribution is 0.0954. The molecule has 0 aliphatic rings. The number of furan rings is 1. The quantitative estimate of drug-likeness (QED) is 0.652. The molecule has 1 aromatic carbocycles. The largest absolute Gasteiger partial charge is 0.493 e. The summed E-state index contributed by atoms with van der Waals surface area (Å²) < 4.78 is 15.8. The average Bonchev–Trinajstić information content (AvgIpc) is 3.03. The molecule has 2 rings (SSSR count). The summed E-state index contributed by atoms with van der Waals surface area (Å²) in [5, 5.41) is 3.88. The molecule has 7 nitrogen and oxygen atoms in total. The van der Waals surface area contributed by atoms with E-state index in [-0.39, 0.29) is 5.91 Å². The van der Waals surface area contributed by atoms with Gasteiger partial charge in [0.25, 0.3) is 5.91 Å². The topological polar surface area (TPSA) is 76.3 Å². The Morgan fingerprint density at radius 3 is 2.52 bits per heavy atom. The summed E-state index contributed by atoms with van der Waals surface area (Å²) in [6, 6.07) is 8.45. The highest BCUT2D eigenvalue weighted by atomic mass is 16.5. The Kier molecular flexibility index (Phi) is 5.24. The third kappa shape index (κ3) is 4.03.